The minimum atomic E-state index is -0.253. The first-order valence-corrected chi connectivity index (χ1v) is 9.81. The van der Waals surface area contributed by atoms with E-state index in [2.05, 4.69) is 31.0 Å². The highest BCUT2D eigenvalue weighted by molar-refractivity contribution is 5.96. The average Bonchev–Trinajstić information content (AvgIpc) is 2.91. The lowest BCUT2D eigenvalue weighted by Gasteiger charge is -2.09. The number of amides is 1. The second-order valence-electron chi connectivity index (χ2n) is 7.29. The van der Waals surface area contributed by atoms with Gasteiger partial charge in [0.05, 0.1) is 12.6 Å². The van der Waals surface area contributed by atoms with Crippen molar-refractivity contribution in [3.8, 4) is 11.6 Å². The number of aryl methyl sites for hydroxylation is 1. The Hall–Kier alpha value is -2.37. The molecule has 1 heterocycles. The molecule has 1 aromatic heterocycles. The summed E-state index contributed by atoms with van der Waals surface area (Å²) in [6.45, 7) is 7.09. The number of carbonyl (C=O) groups excluding carboxylic acids is 1. The zero-order valence-electron chi connectivity index (χ0n) is 16.9. The first kappa shape index (κ1) is 20.9. The fourth-order valence-corrected chi connectivity index (χ4v) is 3.00. The molecule has 0 aliphatic heterocycles. The van der Waals surface area contributed by atoms with Crippen LogP contribution in [0, 0.1) is 5.92 Å². The number of carbonyl (C=O) groups is 1. The summed E-state index contributed by atoms with van der Waals surface area (Å²) in [5, 5.41) is 19.4. The van der Waals surface area contributed by atoms with Gasteiger partial charge in [-0.15, -0.1) is 10.2 Å². The molecule has 1 amide bonds. The molecule has 0 radical (unpaired) electrons. The van der Waals surface area contributed by atoms with Gasteiger partial charge in [-0.25, -0.2) is 0 Å². The molecule has 6 heteroatoms. The second kappa shape index (κ2) is 10.1. The molecule has 148 valence electrons. The molecular weight excluding hydrogens is 342 g/mol. The Morgan fingerprint density at radius 2 is 2.04 bits per heavy atom. The Balaban J connectivity index is 2.29. The van der Waals surface area contributed by atoms with Crippen LogP contribution in [0.3, 0.4) is 0 Å². The van der Waals surface area contributed by atoms with E-state index < -0.39 is 0 Å². The van der Waals surface area contributed by atoms with Gasteiger partial charge in [-0.1, -0.05) is 40.0 Å². The number of benzene rings is 1. The molecule has 0 aliphatic carbocycles. The summed E-state index contributed by atoms with van der Waals surface area (Å²) < 4.78 is 7.12. The minimum Gasteiger partial charge on any atom is -0.497 e. The standard InChI is InChI=1S/C21H31N3O3/c1-5-6-7-8-9-19(25)22-23-20-17-14-16(27-4)10-11-18(17)24(21(20)26)13-12-15(2)3/h10-11,14-15,26H,5-9,12-13H2,1-4H3. The predicted octanol–water partition coefficient (Wildman–Crippen LogP) is 5.98. The summed E-state index contributed by atoms with van der Waals surface area (Å²) >= 11 is 0. The number of aromatic nitrogens is 1. The maximum absolute atomic E-state index is 12.0. The Kier molecular flexibility index (Phi) is 7.82. The van der Waals surface area contributed by atoms with Crippen molar-refractivity contribution < 1.29 is 14.6 Å². The molecule has 0 bridgehead atoms. The summed E-state index contributed by atoms with van der Waals surface area (Å²) in [5.74, 6) is 0.971. The van der Waals surface area contributed by atoms with Crippen LogP contribution in [0.15, 0.2) is 28.4 Å². The third-order valence-corrected chi connectivity index (χ3v) is 4.65. The zero-order valence-corrected chi connectivity index (χ0v) is 16.9. The molecular formula is C21H31N3O3. The van der Waals surface area contributed by atoms with Crippen LogP contribution in [-0.4, -0.2) is 22.7 Å². The van der Waals surface area contributed by atoms with Gasteiger partial charge >= 0.3 is 0 Å². The van der Waals surface area contributed by atoms with Crippen LogP contribution in [0.25, 0.3) is 10.9 Å². The molecule has 0 saturated carbocycles. The van der Waals surface area contributed by atoms with Crippen LogP contribution >= 0.6 is 0 Å². The van der Waals surface area contributed by atoms with Gasteiger partial charge in [-0.2, -0.15) is 0 Å². The van der Waals surface area contributed by atoms with Gasteiger partial charge in [-0.3, -0.25) is 4.79 Å². The van der Waals surface area contributed by atoms with Crippen molar-refractivity contribution in [1.82, 2.24) is 4.57 Å². The second-order valence-corrected chi connectivity index (χ2v) is 7.29. The Morgan fingerprint density at radius 1 is 1.26 bits per heavy atom. The molecule has 0 atom stereocenters. The van der Waals surface area contributed by atoms with Crippen molar-refractivity contribution in [2.75, 3.05) is 7.11 Å². The van der Waals surface area contributed by atoms with E-state index >= 15 is 0 Å². The van der Waals surface area contributed by atoms with Gasteiger partial charge in [0.15, 0.2) is 5.69 Å². The normalized spacial score (nSPS) is 11.7. The largest absolute Gasteiger partial charge is 0.497 e. The van der Waals surface area contributed by atoms with E-state index in [9.17, 15) is 9.90 Å². The maximum Gasteiger partial charge on any atom is 0.264 e. The Morgan fingerprint density at radius 3 is 2.70 bits per heavy atom. The molecule has 0 spiro atoms. The molecule has 1 N–H and O–H groups in total. The summed E-state index contributed by atoms with van der Waals surface area (Å²) in [6, 6.07) is 5.58. The van der Waals surface area contributed by atoms with Crippen molar-refractivity contribution >= 4 is 22.5 Å². The van der Waals surface area contributed by atoms with Crippen molar-refractivity contribution in [3.63, 3.8) is 0 Å². The SMILES string of the molecule is CCCCCCC(=O)N=Nc1c(O)n(CCC(C)C)c2ccc(OC)cc12. The van der Waals surface area contributed by atoms with Gasteiger partial charge in [-0.05, 0) is 37.0 Å². The lowest BCUT2D eigenvalue weighted by atomic mass is 10.1. The highest BCUT2D eigenvalue weighted by Gasteiger charge is 2.18. The van der Waals surface area contributed by atoms with Gasteiger partial charge in [0.25, 0.3) is 5.91 Å². The third kappa shape index (κ3) is 5.55. The zero-order chi connectivity index (χ0) is 19.8. The minimum absolute atomic E-state index is 0.0430. The number of rotatable bonds is 10. The van der Waals surface area contributed by atoms with Crippen molar-refractivity contribution in [1.29, 1.82) is 0 Å². The van der Waals surface area contributed by atoms with Gasteiger partial charge in [0.2, 0.25) is 5.88 Å². The van der Waals surface area contributed by atoms with Crippen LogP contribution < -0.4 is 4.74 Å². The first-order valence-electron chi connectivity index (χ1n) is 9.81. The van der Waals surface area contributed by atoms with Crippen LogP contribution in [0.1, 0.15) is 59.3 Å². The van der Waals surface area contributed by atoms with Gasteiger partial charge in [0.1, 0.15) is 5.75 Å². The average molecular weight is 373 g/mol. The molecule has 2 aromatic rings. The predicted molar refractivity (Wildman–Crippen MR) is 108 cm³/mol. The van der Waals surface area contributed by atoms with Crippen molar-refractivity contribution in [3.05, 3.63) is 18.2 Å². The van der Waals surface area contributed by atoms with E-state index in [1.807, 2.05) is 22.8 Å². The highest BCUT2D eigenvalue weighted by atomic mass is 16.5. The summed E-state index contributed by atoms with van der Waals surface area (Å²) in [7, 11) is 1.60. The van der Waals surface area contributed by atoms with E-state index in [-0.39, 0.29) is 11.8 Å². The van der Waals surface area contributed by atoms with Gasteiger partial charge in [0, 0.05) is 18.4 Å². The van der Waals surface area contributed by atoms with E-state index in [0.29, 0.717) is 30.3 Å². The molecule has 0 aliphatic rings. The number of methoxy groups -OCH3 is 1. The lowest BCUT2D eigenvalue weighted by molar-refractivity contribution is -0.118. The first-order chi connectivity index (χ1) is 13.0. The number of ether oxygens (including phenoxy) is 1. The Labute approximate surface area is 161 Å². The molecule has 0 unspecified atom stereocenters. The van der Waals surface area contributed by atoms with Crippen molar-refractivity contribution in [2.45, 2.75) is 65.8 Å². The number of aromatic hydroxyl groups is 1. The number of hydrogen-bond donors (Lipinski definition) is 1. The molecule has 0 saturated heterocycles. The fourth-order valence-electron chi connectivity index (χ4n) is 3.00. The third-order valence-electron chi connectivity index (χ3n) is 4.65. The van der Waals surface area contributed by atoms with E-state index in [4.69, 9.17) is 4.74 Å². The molecule has 6 nitrogen and oxygen atoms in total. The summed E-state index contributed by atoms with van der Waals surface area (Å²) in [5.41, 5.74) is 1.19. The molecule has 2 rings (SSSR count). The van der Waals surface area contributed by atoms with E-state index in [1.165, 1.54) is 0 Å². The van der Waals surface area contributed by atoms with Crippen LogP contribution in [0.2, 0.25) is 0 Å². The van der Waals surface area contributed by atoms with E-state index in [1.54, 1.807) is 7.11 Å². The van der Waals surface area contributed by atoms with Crippen LogP contribution in [0.4, 0.5) is 5.69 Å². The van der Waals surface area contributed by atoms with Gasteiger partial charge < -0.3 is 14.4 Å². The fraction of sp³-hybridized carbons (Fsp3) is 0.571. The molecule has 1 aromatic carbocycles. The van der Waals surface area contributed by atoms with Crippen LogP contribution in [0.5, 0.6) is 11.6 Å². The molecule has 27 heavy (non-hydrogen) atoms. The van der Waals surface area contributed by atoms with Crippen molar-refractivity contribution in [2.24, 2.45) is 16.1 Å². The number of unbranched alkanes of at least 4 members (excludes halogenated alkanes) is 3. The quantitative estimate of drug-likeness (QED) is 0.411. The Bertz CT molecular complexity index is 794. The summed E-state index contributed by atoms with van der Waals surface area (Å²) in [4.78, 5) is 12.0. The topological polar surface area (TPSA) is 76.2 Å². The lowest BCUT2D eigenvalue weighted by Crippen LogP contribution is -2.00. The number of hydrogen-bond acceptors (Lipinski definition) is 4. The van der Waals surface area contributed by atoms with E-state index in [0.717, 1.165) is 43.0 Å². The number of nitrogens with zero attached hydrogens (tertiary/aromatic N) is 3. The number of fused-ring (bicyclic) bond motifs is 1. The number of azo groups is 1. The van der Waals surface area contributed by atoms with Crippen LogP contribution in [-0.2, 0) is 11.3 Å². The smallest absolute Gasteiger partial charge is 0.264 e. The summed E-state index contributed by atoms with van der Waals surface area (Å²) in [6.07, 6.45) is 5.40. The molecule has 0 fully saturated rings. The maximum atomic E-state index is 12.0. The highest BCUT2D eigenvalue weighted by Crippen LogP contribution is 2.40. The monoisotopic (exact) mass is 373 g/mol.